The van der Waals surface area contributed by atoms with Crippen molar-refractivity contribution in [2.45, 2.75) is 38.6 Å². The molecule has 1 aliphatic carbocycles. The molecule has 0 fully saturated rings. The highest BCUT2D eigenvalue weighted by Gasteiger charge is 2.23. The van der Waals surface area contributed by atoms with Gasteiger partial charge in [0, 0.05) is 4.88 Å². The van der Waals surface area contributed by atoms with Crippen LogP contribution in [0.4, 0.5) is 0 Å². The van der Waals surface area contributed by atoms with Crippen molar-refractivity contribution < 1.29 is 14.3 Å². The zero-order chi connectivity index (χ0) is 22.8. The van der Waals surface area contributed by atoms with Gasteiger partial charge >= 0.3 is 0 Å². The van der Waals surface area contributed by atoms with Gasteiger partial charge in [-0.2, -0.15) is 5.10 Å². The molecule has 1 N–H and O–H groups in total. The number of halogens is 1. The second kappa shape index (κ2) is 9.41. The summed E-state index contributed by atoms with van der Waals surface area (Å²) in [5.41, 5.74) is 4.13. The van der Waals surface area contributed by atoms with Crippen molar-refractivity contribution >= 4 is 49.6 Å². The molecular weight excluding hydrogens is 496 g/mol. The molecule has 2 aromatic heterocycles. The highest BCUT2D eigenvalue weighted by atomic mass is 79.9. The number of fused-ring (bicyclic) bond motifs is 3. The lowest BCUT2D eigenvalue weighted by Crippen LogP contribution is -2.34. The Bertz CT molecular complexity index is 1270. The molecule has 0 unspecified atom stereocenters. The third kappa shape index (κ3) is 4.16. The number of benzene rings is 1. The maximum atomic E-state index is 13.2. The highest BCUT2D eigenvalue weighted by molar-refractivity contribution is 9.10. The number of ether oxygens (including phenoxy) is 2. The topological polar surface area (TPSA) is 94.8 Å². The number of rotatable bonds is 6. The number of methoxy groups -OCH3 is 2. The first-order valence-corrected chi connectivity index (χ1v) is 11.8. The summed E-state index contributed by atoms with van der Waals surface area (Å²) in [4.78, 5) is 32.3. The van der Waals surface area contributed by atoms with E-state index in [1.807, 2.05) is 0 Å². The monoisotopic (exact) mass is 518 g/mol. The molecule has 4 rings (SSSR count). The Morgan fingerprint density at radius 2 is 2.09 bits per heavy atom. The summed E-state index contributed by atoms with van der Waals surface area (Å²) < 4.78 is 12.7. The van der Waals surface area contributed by atoms with E-state index in [9.17, 15) is 9.59 Å². The van der Waals surface area contributed by atoms with Gasteiger partial charge in [-0.3, -0.25) is 14.2 Å². The fourth-order valence-corrected chi connectivity index (χ4v) is 5.68. The Balaban J connectivity index is 1.53. The summed E-state index contributed by atoms with van der Waals surface area (Å²) in [6.45, 7) is 1.66. The van der Waals surface area contributed by atoms with Gasteiger partial charge in [0.1, 0.15) is 10.9 Å². The van der Waals surface area contributed by atoms with Crippen LogP contribution in [0.15, 0.2) is 32.8 Å². The third-order valence-corrected chi connectivity index (χ3v) is 7.33. The van der Waals surface area contributed by atoms with Crippen LogP contribution >= 0.6 is 27.3 Å². The van der Waals surface area contributed by atoms with Crippen LogP contribution in [0, 0.1) is 0 Å². The minimum absolute atomic E-state index is 0.176. The van der Waals surface area contributed by atoms with Gasteiger partial charge in [-0.15, -0.1) is 11.3 Å². The number of amides is 1. The average molecular weight is 519 g/mol. The summed E-state index contributed by atoms with van der Waals surface area (Å²) in [6, 6.07) is 2.78. The number of nitrogens with one attached hydrogen (secondary N) is 1. The van der Waals surface area contributed by atoms with Crippen LogP contribution in [0.3, 0.4) is 0 Å². The van der Waals surface area contributed by atoms with Gasteiger partial charge in [-0.25, -0.2) is 10.4 Å². The molecule has 0 radical (unpaired) electrons. The second-order valence-corrected chi connectivity index (χ2v) is 9.43. The van der Waals surface area contributed by atoms with Crippen LogP contribution in [0.5, 0.6) is 11.5 Å². The predicted octanol–water partition coefficient (Wildman–Crippen LogP) is 3.83. The molecule has 168 valence electrons. The Morgan fingerprint density at radius 3 is 2.84 bits per heavy atom. The van der Waals surface area contributed by atoms with Gasteiger partial charge in [-0.1, -0.05) is 0 Å². The SMILES string of the molecule is COc1cc(/C=N\NC(=O)[C@H](C)n2cnc3sc4c(c3c2=O)CCCC4)cc(Br)c1OC. The van der Waals surface area contributed by atoms with E-state index in [4.69, 9.17) is 9.47 Å². The van der Waals surface area contributed by atoms with Crippen LogP contribution in [0.2, 0.25) is 0 Å². The zero-order valence-electron chi connectivity index (χ0n) is 18.0. The van der Waals surface area contributed by atoms with Crippen molar-refractivity contribution in [2.75, 3.05) is 14.2 Å². The summed E-state index contributed by atoms with van der Waals surface area (Å²) in [5.74, 6) is 0.696. The number of carbonyl (C=O) groups is 1. The first-order chi connectivity index (χ1) is 15.4. The molecule has 8 nitrogen and oxygen atoms in total. The molecule has 0 aliphatic heterocycles. The van der Waals surface area contributed by atoms with Gasteiger partial charge in [0.25, 0.3) is 11.5 Å². The van der Waals surface area contributed by atoms with E-state index in [-0.39, 0.29) is 5.56 Å². The molecule has 3 aromatic rings. The molecular formula is C22H23BrN4O4S. The van der Waals surface area contributed by atoms with Gasteiger partial charge in [-0.05, 0) is 71.8 Å². The molecule has 0 bridgehead atoms. The summed E-state index contributed by atoms with van der Waals surface area (Å²) in [6.07, 6.45) is 7.04. The van der Waals surface area contributed by atoms with E-state index >= 15 is 0 Å². The Hall–Kier alpha value is -2.72. The number of aryl methyl sites for hydroxylation is 2. The molecule has 2 heterocycles. The molecule has 32 heavy (non-hydrogen) atoms. The fourth-order valence-electron chi connectivity index (χ4n) is 3.84. The number of nitrogens with zero attached hydrogens (tertiary/aromatic N) is 3. The zero-order valence-corrected chi connectivity index (χ0v) is 20.4. The van der Waals surface area contributed by atoms with E-state index in [1.54, 1.807) is 44.6 Å². The summed E-state index contributed by atoms with van der Waals surface area (Å²) >= 11 is 5.02. The maximum absolute atomic E-state index is 13.2. The molecule has 1 amide bonds. The maximum Gasteiger partial charge on any atom is 0.263 e. The lowest BCUT2D eigenvalue weighted by molar-refractivity contribution is -0.123. The quantitative estimate of drug-likeness (QED) is 0.395. The number of hydrazone groups is 1. The molecule has 0 spiro atoms. The lowest BCUT2D eigenvalue weighted by Gasteiger charge is -2.14. The van der Waals surface area contributed by atoms with Crippen molar-refractivity contribution in [3.63, 3.8) is 0 Å². The molecule has 1 atom stereocenters. The number of aromatic nitrogens is 2. The largest absolute Gasteiger partial charge is 0.493 e. The molecule has 1 aromatic carbocycles. The number of hydrogen-bond donors (Lipinski definition) is 1. The van der Waals surface area contributed by atoms with Gasteiger partial charge in [0.05, 0.1) is 36.6 Å². The molecule has 0 saturated heterocycles. The van der Waals surface area contributed by atoms with Crippen molar-refractivity contribution in [1.82, 2.24) is 15.0 Å². The van der Waals surface area contributed by atoms with Crippen molar-refractivity contribution in [1.29, 1.82) is 0 Å². The first-order valence-electron chi connectivity index (χ1n) is 10.2. The van der Waals surface area contributed by atoms with Crippen LogP contribution in [0.25, 0.3) is 10.2 Å². The van der Waals surface area contributed by atoms with Crippen LogP contribution in [-0.2, 0) is 17.6 Å². The summed E-state index contributed by atoms with van der Waals surface area (Å²) in [7, 11) is 3.10. The Morgan fingerprint density at radius 1 is 1.31 bits per heavy atom. The van der Waals surface area contributed by atoms with Crippen molar-refractivity contribution in [2.24, 2.45) is 5.10 Å². The third-order valence-electron chi connectivity index (χ3n) is 5.54. The van der Waals surface area contributed by atoms with E-state index in [2.05, 4.69) is 31.4 Å². The van der Waals surface area contributed by atoms with Crippen molar-refractivity contribution in [3.8, 4) is 11.5 Å². The van der Waals surface area contributed by atoms with Crippen LogP contribution < -0.4 is 20.5 Å². The minimum atomic E-state index is -0.757. The first kappa shape index (κ1) is 22.5. The fraction of sp³-hybridized carbons (Fsp3) is 0.364. The predicted molar refractivity (Wildman–Crippen MR) is 128 cm³/mol. The van der Waals surface area contributed by atoms with E-state index < -0.39 is 11.9 Å². The average Bonchev–Trinajstić information content (AvgIpc) is 3.17. The van der Waals surface area contributed by atoms with E-state index in [1.165, 1.54) is 22.0 Å². The number of thiophene rings is 1. The molecule has 1 aliphatic rings. The van der Waals surface area contributed by atoms with Gasteiger partial charge in [0.15, 0.2) is 11.5 Å². The van der Waals surface area contributed by atoms with E-state index in [0.717, 1.165) is 36.1 Å². The van der Waals surface area contributed by atoms with Crippen LogP contribution in [-0.4, -0.2) is 35.9 Å². The second-order valence-electron chi connectivity index (χ2n) is 7.50. The van der Waals surface area contributed by atoms with Crippen LogP contribution in [0.1, 0.15) is 41.8 Å². The lowest BCUT2D eigenvalue weighted by atomic mass is 9.97. The molecule has 10 heteroatoms. The number of carbonyl (C=O) groups excluding carboxylic acids is 1. The normalized spacial score (nSPS) is 14.4. The smallest absolute Gasteiger partial charge is 0.263 e. The van der Waals surface area contributed by atoms with Crippen molar-refractivity contribution in [3.05, 3.63) is 49.3 Å². The highest BCUT2D eigenvalue weighted by Crippen LogP contribution is 2.36. The number of hydrogen-bond acceptors (Lipinski definition) is 7. The van der Waals surface area contributed by atoms with Gasteiger partial charge < -0.3 is 9.47 Å². The standard InChI is InChI=1S/C22H23BrN4O4S/c1-12(20(28)26-25-10-13-8-15(23)19(31-3)16(9-13)30-2)27-11-24-21-18(22(27)29)14-6-4-5-7-17(14)32-21/h8-12H,4-7H2,1-3H3,(H,26,28)/b25-10-/t12-/m0/s1. The summed E-state index contributed by atoms with van der Waals surface area (Å²) in [5, 5.41) is 4.69. The Kier molecular flexibility index (Phi) is 6.61. The minimum Gasteiger partial charge on any atom is -0.493 e. The van der Waals surface area contributed by atoms with Gasteiger partial charge in [0.2, 0.25) is 0 Å². The molecule has 0 saturated carbocycles. The van der Waals surface area contributed by atoms with E-state index in [0.29, 0.717) is 26.9 Å². The Labute approximate surface area is 197 Å².